The molecule has 2 N–H and O–H groups in total. The minimum Gasteiger partial charge on any atom is -0.490 e. The molecular weight excluding hydrogens is 528 g/mol. The highest BCUT2D eigenvalue weighted by Crippen LogP contribution is 2.37. The molecule has 226 valence electrons. The van der Waals surface area contributed by atoms with Crippen LogP contribution in [-0.2, 0) is 0 Å². The predicted molar refractivity (Wildman–Crippen MR) is 163 cm³/mol. The molecule has 0 spiro atoms. The lowest BCUT2D eigenvalue weighted by molar-refractivity contribution is 0.0517. The van der Waals surface area contributed by atoms with E-state index < -0.39 is 0 Å². The Morgan fingerprint density at radius 3 is 2.40 bits per heavy atom. The molecule has 2 aromatic rings. The monoisotopic (exact) mass is 574 g/mol. The van der Waals surface area contributed by atoms with Crippen molar-refractivity contribution >= 4 is 11.7 Å². The third-order valence-electron chi connectivity index (χ3n) is 9.85. The molecule has 1 aromatic heterocycles. The van der Waals surface area contributed by atoms with Gasteiger partial charge in [0.05, 0.1) is 23.8 Å². The van der Waals surface area contributed by atoms with Crippen LogP contribution in [0.3, 0.4) is 0 Å². The van der Waals surface area contributed by atoms with E-state index in [1.54, 1.807) is 6.07 Å². The number of likely N-dealkylation sites (tertiary alicyclic amines) is 1. The first-order valence-corrected chi connectivity index (χ1v) is 15.6. The van der Waals surface area contributed by atoms with Crippen molar-refractivity contribution in [3.63, 3.8) is 0 Å². The number of hydrogen-bond acceptors (Lipinski definition) is 8. The lowest BCUT2D eigenvalue weighted by Gasteiger charge is -2.47. The fraction of sp³-hybridized carbons (Fsp3) is 0.636. The maximum atomic E-state index is 13.0. The Kier molecular flexibility index (Phi) is 9.34. The van der Waals surface area contributed by atoms with Gasteiger partial charge in [-0.05, 0) is 106 Å². The average Bonchev–Trinajstić information content (AvgIpc) is 2.98. The number of anilines is 1. The topological polar surface area (TPSA) is 115 Å². The van der Waals surface area contributed by atoms with Gasteiger partial charge in [-0.15, -0.1) is 10.2 Å². The molecule has 5 rings (SSSR count). The maximum absolute atomic E-state index is 13.0. The van der Waals surface area contributed by atoms with Gasteiger partial charge in [-0.25, -0.2) is 0 Å². The molecule has 1 atom stereocenters. The van der Waals surface area contributed by atoms with E-state index >= 15 is 0 Å². The standard InChI is InChI=1S/C33H46N6O3/c1-22-23(2)30(11-5-24(22)19-34)42-28-8-6-26(7-9-28)35-32(41)29-10-12-31(37-36-29)39-18-13-25(33(3,4)21-39)20-38-16-14-27(40)15-17-38/h5,10-12,25-28,40H,6-9,13-18,20-21H2,1-4H3,(H,35,41). The molecule has 1 aliphatic carbocycles. The number of amides is 1. The number of ether oxygens (including phenoxy) is 1. The summed E-state index contributed by atoms with van der Waals surface area (Å²) in [5, 5.41) is 31.0. The van der Waals surface area contributed by atoms with Gasteiger partial charge in [-0.1, -0.05) is 13.8 Å². The van der Waals surface area contributed by atoms with Crippen LogP contribution in [0.25, 0.3) is 0 Å². The Morgan fingerprint density at radius 2 is 1.76 bits per heavy atom. The normalized spacial score (nSPS) is 25.0. The van der Waals surface area contributed by atoms with Crippen LogP contribution in [0.1, 0.15) is 86.0 Å². The number of aliphatic hydroxyl groups excluding tert-OH is 1. The number of carbonyl (C=O) groups is 1. The van der Waals surface area contributed by atoms with E-state index in [9.17, 15) is 15.2 Å². The summed E-state index contributed by atoms with van der Waals surface area (Å²) in [5.41, 5.74) is 3.14. The second kappa shape index (κ2) is 13.0. The van der Waals surface area contributed by atoms with Crippen molar-refractivity contribution in [1.29, 1.82) is 5.26 Å². The van der Waals surface area contributed by atoms with Gasteiger partial charge in [0, 0.05) is 38.8 Å². The Bertz CT molecular complexity index is 1270. The van der Waals surface area contributed by atoms with Crippen molar-refractivity contribution in [3.05, 3.63) is 46.6 Å². The van der Waals surface area contributed by atoms with E-state index in [2.05, 4.69) is 45.2 Å². The Balaban J connectivity index is 1.08. The van der Waals surface area contributed by atoms with E-state index in [0.29, 0.717) is 17.2 Å². The zero-order valence-corrected chi connectivity index (χ0v) is 25.6. The van der Waals surface area contributed by atoms with Crippen LogP contribution in [0.4, 0.5) is 5.82 Å². The van der Waals surface area contributed by atoms with Gasteiger partial charge >= 0.3 is 0 Å². The Hall–Kier alpha value is -3.22. The second-order valence-corrected chi connectivity index (χ2v) is 13.2. The number of nitriles is 1. The van der Waals surface area contributed by atoms with E-state index in [4.69, 9.17) is 4.74 Å². The summed E-state index contributed by atoms with van der Waals surface area (Å²) in [6.45, 7) is 13.5. The number of nitrogens with one attached hydrogen (secondary N) is 1. The molecular formula is C33H46N6O3. The summed E-state index contributed by atoms with van der Waals surface area (Å²) in [4.78, 5) is 17.8. The summed E-state index contributed by atoms with van der Waals surface area (Å²) < 4.78 is 6.28. The molecule has 3 heterocycles. The van der Waals surface area contributed by atoms with E-state index in [0.717, 1.165) is 100 Å². The SMILES string of the molecule is Cc1c(C#N)ccc(OC2CCC(NC(=O)c3ccc(N4CCC(CN5CCC(O)CC5)C(C)(C)C4)nn3)CC2)c1C. The lowest BCUT2D eigenvalue weighted by Crippen LogP contribution is -2.51. The van der Waals surface area contributed by atoms with Crippen molar-refractivity contribution in [3.8, 4) is 11.8 Å². The highest BCUT2D eigenvalue weighted by Gasteiger charge is 2.38. The summed E-state index contributed by atoms with van der Waals surface area (Å²) in [6.07, 6.45) is 6.23. The van der Waals surface area contributed by atoms with E-state index in [1.807, 2.05) is 32.0 Å². The third kappa shape index (κ3) is 7.04. The Morgan fingerprint density at radius 1 is 1.02 bits per heavy atom. The number of hydrogen-bond donors (Lipinski definition) is 2. The second-order valence-electron chi connectivity index (χ2n) is 13.2. The highest BCUT2D eigenvalue weighted by atomic mass is 16.5. The molecule has 1 aromatic carbocycles. The molecule has 1 amide bonds. The van der Waals surface area contributed by atoms with E-state index in [1.165, 1.54) is 0 Å². The lowest BCUT2D eigenvalue weighted by atomic mass is 9.73. The molecule has 1 saturated carbocycles. The quantitative estimate of drug-likeness (QED) is 0.500. The van der Waals surface area contributed by atoms with Crippen LogP contribution >= 0.6 is 0 Å². The molecule has 3 fully saturated rings. The fourth-order valence-electron chi connectivity index (χ4n) is 6.77. The van der Waals surface area contributed by atoms with Crippen LogP contribution in [0, 0.1) is 36.5 Å². The minimum absolute atomic E-state index is 0.0885. The molecule has 3 aliphatic rings. The third-order valence-corrected chi connectivity index (χ3v) is 9.85. The van der Waals surface area contributed by atoms with Crippen molar-refractivity contribution in [1.82, 2.24) is 20.4 Å². The highest BCUT2D eigenvalue weighted by molar-refractivity contribution is 5.92. The maximum Gasteiger partial charge on any atom is 0.272 e. The first-order chi connectivity index (χ1) is 20.1. The smallest absolute Gasteiger partial charge is 0.272 e. The first-order valence-electron chi connectivity index (χ1n) is 15.6. The van der Waals surface area contributed by atoms with Gasteiger partial charge in [-0.3, -0.25) is 4.79 Å². The van der Waals surface area contributed by atoms with Gasteiger partial charge in [0.1, 0.15) is 5.75 Å². The van der Waals surface area contributed by atoms with Crippen LogP contribution in [0.2, 0.25) is 0 Å². The van der Waals surface area contributed by atoms with Gasteiger partial charge in [0.15, 0.2) is 11.5 Å². The van der Waals surface area contributed by atoms with Crippen molar-refractivity contribution < 1.29 is 14.6 Å². The largest absolute Gasteiger partial charge is 0.490 e. The minimum atomic E-state index is -0.178. The number of benzene rings is 1. The van der Waals surface area contributed by atoms with Crippen LogP contribution in [-0.4, -0.2) is 77.1 Å². The van der Waals surface area contributed by atoms with Gasteiger partial charge in [-0.2, -0.15) is 5.26 Å². The molecule has 2 saturated heterocycles. The zero-order valence-electron chi connectivity index (χ0n) is 25.6. The molecule has 9 nitrogen and oxygen atoms in total. The summed E-state index contributed by atoms with van der Waals surface area (Å²) >= 11 is 0. The molecule has 42 heavy (non-hydrogen) atoms. The zero-order chi connectivity index (χ0) is 29.9. The molecule has 2 aliphatic heterocycles. The number of nitrogens with zero attached hydrogens (tertiary/aromatic N) is 5. The van der Waals surface area contributed by atoms with Crippen molar-refractivity contribution in [2.45, 2.75) is 90.9 Å². The molecule has 0 radical (unpaired) electrons. The average molecular weight is 575 g/mol. The number of aliphatic hydroxyl groups is 1. The Labute approximate surface area is 250 Å². The number of aromatic nitrogens is 2. The van der Waals surface area contributed by atoms with Gasteiger partial charge in [0.25, 0.3) is 5.91 Å². The van der Waals surface area contributed by atoms with E-state index in [-0.39, 0.29) is 29.6 Å². The first kappa shape index (κ1) is 30.2. The number of rotatable bonds is 7. The van der Waals surface area contributed by atoms with Gasteiger partial charge in [0.2, 0.25) is 0 Å². The molecule has 0 bridgehead atoms. The van der Waals surface area contributed by atoms with Crippen molar-refractivity contribution in [2.75, 3.05) is 37.6 Å². The van der Waals surface area contributed by atoms with Crippen LogP contribution < -0.4 is 15.0 Å². The molecule has 9 heteroatoms. The van der Waals surface area contributed by atoms with Crippen molar-refractivity contribution in [2.24, 2.45) is 11.3 Å². The van der Waals surface area contributed by atoms with Gasteiger partial charge < -0.3 is 25.0 Å². The predicted octanol–water partition coefficient (Wildman–Crippen LogP) is 4.39. The summed E-state index contributed by atoms with van der Waals surface area (Å²) in [7, 11) is 0. The van der Waals surface area contributed by atoms with Crippen LogP contribution in [0.5, 0.6) is 5.75 Å². The molecule has 1 unspecified atom stereocenters. The number of piperidine rings is 2. The summed E-state index contributed by atoms with van der Waals surface area (Å²) in [6, 6.07) is 9.75. The summed E-state index contributed by atoms with van der Waals surface area (Å²) in [5.74, 6) is 2.08. The van der Waals surface area contributed by atoms with Crippen LogP contribution in [0.15, 0.2) is 24.3 Å². The fourth-order valence-corrected chi connectivity index (χ4v) is 6.77. The number of carbonyl (C=O) groups excluding carboxylic acids is 1.